The molecule has 1 unspecified atom stereocenters. The molecule has 1 heterocycles. The van der Waals surface area contributed by atoms with Crippen molar-refractivity contribution in [3.8, 4) is 17.2 Å². The number of ether oxygens (including phenoxy) is 3. The van der Waals surface area contributed by atoms with Gasteiger partial charge in [-0.1, -0.05) is 24.3 Å². The lowest BCUT2D eigenvalue weighted by molar-refractivity contribution is 0.226. The van der Waals surface area contributed by atoms with Gasteiger partial charge in [-0.05, 0) is 31.2 Å². The minimum atomic E-state index is -0.00264. The lowest BCUT2D eigenvalue weighted by Gasteiger charge is -2.33. The Morgan fingerprint density at radius 2 is 1.46 bits per heavy atom. The molecule has 1 saturated heterocycles. The van der Waals surface area contributed by atoms with Crippen LogP contribution in [0.5, 0.6) is 17.2 Å². The molecule has 5 nitrogen and oxygen atoms in total. The van der Waals surface area contributed by atoms with Gasteiger partial charge in [-0.25, -0.2) is 0 Å². The first kappa shape index (κ1) is 18.5. The van der Waals surface area contributed by atoms with Crippen LogP contribution in [-0.4, -0.2) is 52.4 Å². The van der Waals surface area contributed by atoms with E-state index in [0.29, 0.717) is 0 Å². The Morgan fingerprint density at radius 1 is 0.808 bits per heavy atom. The van der Waals surface area contributed by atoms with Crippen molar-refractivity contribution in [3.05, 3.63) is 53.6 Å². The van der Waals surface area contributed by atoms with Crippen LogP contribution in [0.4, 0.5) is 0 Å². The van der Waals surface area contributed by atoms with E-state index < -0.39 is 0 Å². The Morgan fingerprint density at radius 3 is 2.15 bits per heavy atom. The molecule has 140 valence electrons. The number of nitrogens with one attached hydrogen (secondary N) is 1. The first-order chi connectivity index (χ1) is 12.8. The van der Waals surface area contributed by atoms with Gasteiger partial charge in [-0.3, -0.25) is 4.90 Å². The number of hydrogen-bond donors (Lipinski definition) is 1. The number of nitrogens with zero attached hydrogens (tertiary/aromatic N) is 1. The highest BCUT2D eigenvalue weighted by molar-refractivity contribution is 5.53. The Labute approximate surface area is 155 Å². The van der Waals surface area contributed by atoms with Gasteiger partial charge in [0.05, 0.1) is 32.9 Å². The maximum absolute atomic E-state index is 5.72. The van der Waals surface area contributed by atoms with Crippen molar-refractivity contribution in [1.82, 2.24) is 10.2 Å². The van der Waals surface area contributed by atoms with Gasteiger partial charge >= 0.3 is 0 Å². The second-order valence-electron chi connectivity index (χ2n) is 6.36. The fraction of sp³-hybridized carbons (Fsp3) is 0.429. The molecule has 0 aromatic heterocycles. The molecule has 2 aromatic rings. The second kappa shape index (κ2) is 8.92. The largest absolute Gasteiger partial charge is 0.496 e. The summed E-state index contributed by atoms with van der Waals surface area (Å²) < 4.78 is 17.1. The smallest absolute Gasteiger partial charge is 0.127 e. The van der Waals surface area contributed by atoms with Gasteiger partial charge in [0.25, 0.3) is 0 Å². The fourth-order valence-electron chi connectivity index (χ4n) is 3.70. The Kier molecular flexibility index (Phi) is 6.36. The van der Waals surface area contributed by atoms with Gasteiger partial charge in [-0.15, -0.1) is 0 Å². The van der Waals surface area contributed by atoms with Crippen molar-refractivity contribution in [2.75, 3.05) is 47.5 Å². The standard InChI is InChI=1S/C21H28N2O3/c1-24-17-9-5-4-8-16(17)21(23-14-7-12-22-13-15-23)20-18(25-2)10-6-11-19(20)26-3/h4-6,8-11,21-22H,7,12-15H2,1-3H3. The highest BCUT2D eigenvalue weighted by Crippen LogP contribution is 2.43. The van der Waals surface area contributed by atoms with Gasteiger partial charge in [0.15, 0.2) is 0 Å². The first-order valence-corrected chi connectivity index (χ1v) is 9.08. The highest BCUT2D eigenvalue weighted by atomic mass is 16.5. The van der Waals surface area contributed by atoms with Crippen LogP contribution in [0.15, 0.2) is 42.5 Å². The quantitative estimate of drug-likeness (QED) is 0.862. The van der Waals surface area contributed by atoms with Crippen molar-refractivity contribution >= 4 is 0 Å². The lowest BCUT2D eigenvalue weighted by atomic mass is 9.94. The van der Waals surface area contributed by atoms with Gasteiger partial charge in [0.1, 0.15) is 17.2 Å². The molecule has 5 heteroatoms. The molecular weight excluding hydrogens is 328 g/mol. The van der Waals surface area contributed by atoms with Crippen LogP contribution in [0.25, 0.3) is 0 Å². The molecule has 0 bridgehead atoms. The first-order valence-electron chi connectivity index (χ1n) is 9.08. The van der Waals surface area contributed by atoms with E-state index in [2.05, 4.69) is 22.3 Å². The summed E-state index contributed by atoms with van der Waals surface area (Å²) in [6, 6.07) is 14.2. The van der Waals surface area contributed by atoms with Crippen molar-refractivity contribution in [1.29, 1.82) is 0 Å². The number of hydrogen-bond acceptors (Lipinski definition) is 5. The number of benzene rings is 2. The molecule has 1 aliphatic heterocycles. The normalized spacial score (nSPS) is 16.6. The van der Waals surface area contributed by atoms with E-state index >= 15 is 0 Å². The third-order valence-electron chi connectivity index (χ3n) is 4.91. The molecule has 1 N–H and O–H groups in total. The van der Waals surface area contributed by atoms with Gasteiger partial charge in [0.2, 0.25) is 0 Å². The molecule has 26 heavy (non-hydrogen) atoms. The van der Waals surface area contributed by atoms with Crippen LogP contribution >= 0.6 is 0 Å². The van der Waals surface area contributed by atoms with Gasteiger partial charge in [-0.2, -0.15) is 0 Å². The maximum Gasteiger partial charge on any atom is 0.127 e. The predicted molar refractivity (Wildman–Crippen MR) is 103 cm³/mol. The minimum Gasteiger partial charge on any atom is -0.496 e. The lowest BCUT2D eigenvalue weighted by Crippen LogP contribution is -2.33. The third-order valence-corrected chi connectivity index (χ3v) is 4.91. The molecule has 0 amide bonds. The van der Waals surface area contributed by atoms with E-state index in [4.69, 9.17) is 14.2 Å². The van der Waals surface area contributed by atoms with Crippen molar-refractivity contribution in [2.45, 2.75) is 12.5 Å². The molecule has 3 rings (SSSR count). The summed E-state index contributed by atoms with van der Waals surface area (Å²) in [6.07, 6.45) is 1.10. The summed E-state index contributed by atoms with van der Waals surface area (Å²) in [4.78, 5) is 2.48. The van der Waals surface area contributed by atoms with E-state index in [9.17, 15) is 0 Å². The zero-order valence-electron chi connectivity index (χ0n) is 15.8. The van der Waals surface area contributed by atoms with E-state index in [1.54, 1.807) is 21.3 Å². The molecule has 2 aromatic carbocycles. The Hall–Kier alpha value is -2.24. The molecule has 1 fully saturated rings. The summed E-state index contributed by atoms with van der Waals surface area (Å²) in [5.41, 5.74) is 2.17. The SMILES string of the molecule is COc1ccccc1C(c1c(OC)cccc1OC)N1CCCNCC1. The molecule has 0 radical (unpaired) electrons. The van der Waals surface area contributed by atoms with Crippen molar-refractivity contribution in [3.63, 3.8) is 0 Å². The van der Waals surface area contributed by atoms with E-state index in [0.717, 1.165) is 61.0 Å². The van der Waals surface area contributed by atoms with Crippen LogP contribution < -0.4 is 19.5 Å². The van der Waals surface area contributed by atoms with Crippen molar-refractivity contribution < 1.29 is 14.2 Å². The Bertz CT molecular complexity index is 690. The van der Waals surface area contributed by atoms with Crippen LogP contribution in [0.3, 0.4) is 0 Å². The zero-order valence-corrected chi connectivity index (χ0v) is 15.8. The van der Waals surface area contributed by atoms with E-state index in [1.165, 1.54) is 0 Å². The maximum atomic E-state index is 5.72. The number of methoxy groups -OCH3 is 3. The molecule has 0 spiro atoms. The number of rotatable bonds is 6. The van der Waals surface area contributed by atoms with E-state index in [1.807, 2.05) is 30.3 Å². The molecule has 1 atom stereocenters. The van der Waals surface area contributed by atoms with Crippen LogP contribution in [-0.2, 0) is 0 Å². The van der Waals surface area contributed by atoms with Gasteiger partial charge in [0, 0.05) is 25.2 Å². The Balaban J connectivity index is 2.18. The fourth-order valence-corrected chi connectivity index (χ4v) is 3.70. The second-order valence-corrected chi connectivity index (χ2v) is 6.36. The minimum absolute atomic E-state index is 0.00264. The van der Waals surface area contributed by atoms with Crippen LogP contribution in [0, 0.1) is 0 Å². The molecule has 0 saturated carbocycles. The predicted octanol–water partition coefficient (Wildman–Crippen LogP) is 3.10. The molecule has 0 aliphatic carbocycles. The summed E-state index contributed by atoms with van der Waals surface area (Å²) in [5, 5.41) is 3.49. The summed E-state index contributed by atoms with van der Waals surface area (Å²) >= 11 is 0. The summed E-state index contributed by atoms with van der Waals surface area (Å²) in [7, 11) is 5.14. The van der Waals surface area contributed by atoms with Crippen LogP contribution in [0.1, 0.15) is 23.6 Å². The van der Waals surface area contributed by atoms with Gasteiger partial charge < -0.3 is 19.5 Å². The highest BCUT2D eigenvalue weighted by Gasteiger charge is 2.30. The topological polar surface area (TPSA) is 43.0 Å². The third kappa shape index (κ3) is 3.79. The monoisotopic (exact) mass is 356 g/mol. The average Bonchev–Trinajstić information content (AvgIpc) is 2.98. The molecular formula is C21H28N2O3. The van der Waals surface area contributed by atoms with Crippen LogP contribution in [0.2, 0.25) is 0 Å². The average molecular weight is 356 g/mol. The van der Waals surface area contributed by atoms with Crippen molar-refractivity contribution in [2.24, 2.45) is 0 Å². The van der Waals surface area contributed by atoms with E-state index in [-0.39, 0.29) is 6.04 Å². The number of para-hydroxylation sites is 1. The summed E-state index contributed by atoms with van der Waals surface area (Å²) in [6.45, 7) is 3.95. The molecule has 1 aliphatic rings. The zero-order chi connectivity index (χ0) is 18.4. The summed E-state index contributed by atoms with van der Waals surface area (Å²) in [5.74, 6) is 2.54.